The SMILES string of the molecule is C=Cc1ccc(N(c2ccccc2)C2C=CC(c3ccc4ccccc4c3)CC2)cc1/C=C\C. The van der Waals surface area contributed by atoms with Gasteiger partial charge in [-0.2, -0.15) is 0 Å². The first-order valence-corrected chi connectivity index (χ1v) is 12.2. The topological polar surface area (TPSA) is 3.24 Å². The molecule has 0 saturated carbocycles. The number of para-hydroxylation sites is 1. The molecule has 1 aliphatic carbocycles. The van der Waals surface area contributed by atoms with Crippen molar-refractivity contribution in [3.05, 3.63) is 132 Å². The standard InChI is InChI=1S/C33H31N/c1-3-10-28-24-33(22-17-25(28)4-2)34(31-13-6-5-7-14-31)32-20-18-27(19-21-32)30-16-15-26-11-8-9-12-29(26)23-30/h3-18,20,22-24,27,32H,2,19,21H2,1H3/b10-3-. The van der Waals surface area contributed by atoms with E-state index in [1.165, 1.54) is 33.3 Å². The predicted octanol–water partition coefficient (Wildman–Crippen LogP) is 9.16. The maximum atomic E-state index is 3.99. The third-order valence-electron chi connectivity index (χ3n) is 6.82. The lowest BCUT2D eigenvalue weighted by atomic mass is 9.85. The molecule has 2 unspecified atom stereocenters. The van der Waals surface area contributed by atoms with Crippen molar-refractivity contribution < 1.29 is 0 Å². The molecule has 2 atom stereocenters. The number of rotatable bonds is 6. The molecule has 168 valence electrons. The highest BCUT2D eigenvalue weighted by molar-refractivity contribution is 5.83. The van der Waals surface area contributed by atoms with E-state index in [1.54, 1.807) is 0 Å². The maximum Gasteiger partial charge on any atom is 0.0522 e. The van der Waals surface area contributed by atoms with E-state index in [1.807, 2.05) is 6.08 Å². The second kappa shape index (κ2) is 9.97. The van der Waals surface area contributed by atoms with Crippen LogP contribution in [0.5, 0.6) is 0 Å². The van der Waals surface area contributed by atoms with Crippen molar-refractivity contribution in [2.45, 2.75) is 31.7 Å². The lowest BCUT2D eigenvalue weighted by Gasteiger charge is -2.35. The second-order valence-electron chi connectivity index (χ2n) is 8.97. The summed E-state index contributed by atoms with van der Waals surface area (Å²) in [7, 11) is 0. The molecule has 0 aliphatic heterocycles. The number of anilines is 2. The highest BCUT2D eigenvalue weighted by Crippen LogP contribution is 2.37. The van der Waals surface area contributed by atoms with Gasteiger partial charge >= 0.3 is 0 Å². The summed E-state index contributed by atoms with van der Waals surface area (Å²) in [4.78, 5) is 2.48. The van der Waals surface area contributed by atoms with E-state index in [0.29, 0.717) is 12.0 Å². The largest absolute Gasteiger partial charge is 0.335 e. The van der Waals surface area contributed by atoms with Crippen LogP contribution in [0.25, 0.3) is 22.9 Å². The Balaban J connectivity index is 1.48. The first-order chi connectivity index (χ1) is 16.8. The number of hydrogen-bond acceptors (Lipinski definition) is 1. The van der Waals surface area contributed by atoms with Crippen LogP contribution in [-0.2, 0) is 0 Å². The molecule has 1 aliphatic rings. The van der Waals surface area contributed by atoms with Gasteiger partial charge < -0.3 is 4.90 Å². The summed E-state index contributed by atoms with van der Waals surface area (Å²) in [6.45, 7) is 6.05. The van der Waals surface area contributed by atoms with Gasteiger partial charge in [0.25, 0.3) is 0 Å². The summed E-state index contributed by atoms with van der Waals surface area (Å²) < 4.78 is 0. The fourth-order valence-corrected chi connectivity index (χ4v) is 5.08. The summed E-state index contributed by atoms with van der Waals surface area (Å²) in [5, 5.41) is 2.62. The van der Waals surface area contributed by atoms with Crippen LogP contribution in [0.3, 0.4) is 0 Å². The molecule has 1 nitrogen and oxygen atoms in total. The molecule has 4 aromatic carbocycles. The van der Waals surface area contributed by atoms with E-state index in [0.717, 1.165) is 18.4 Å². The van der Waals surface area contributed by atoms with Gasteiger partial charge in [-0.25, -0.2) is 0 Å². The summed E-state index contributed by atoms with van der Waals surface area (Å²) in [5.74, 6) is 0.459. The molecule has 34 heavy (non-hydrogen) atoms. The molecule has 1 heteroatoms. The van der Waals surface area contributed by atoms with Gasteiger partial charge in [-0.15, -0.1) is 0 Å². The van der Waals surface area contributed by atoms with Crippen molar-refractivity contribution in [3.8, 4) is 0 Å². The van der Waals surface area contributed by atoms with Crippen LogP contribution < -0.4 is 4.90 Å². The van der Waals surface area contributed by atoms with Gasteiger partial charge in [-0.1, -0.05) is 104 Å². The third-order valence-corrected chi connectivity index (χ3v) is 6.82. The fraction of sp³-hybridized carbons (Fsp3) is 0.152. The van der Waals surface area contributed by atoms with Crippen LogP contribution in [-0.4, -0.2) is 6.04 Å². The third kappa shape index (κ3) is 4.47. The molecule has 0 spiro atoms. The zero-order chi connectivity index (χ0) is 23.3. The molecule has 0 aromatic heterocycles. The highest BCUT2D eigenvalue weighted by Gasteiger charge is 2.24. The molecule has 0 N–H and O–H groups in total. The minimum Gasteiger partial charge on any atom is -0.335 e. The molecule has 0 radical (unpaired) electrons. The van der Waals surface area contributed by atoms with E-state index in [2.05, 4.69) is 134 Å². The number of benzene rings is 4. The molecule has 4 aromatic rings. The van der Waals surface area contributed by atoms with Gasteiger partial charge in [0.15, 0.2) is 0 Å². The quantitative estimate of drug-likeness (QED) is 0.270. The monoisotopic (exact) mass is 441 g/mol. The molecule has 0 saturated heterocycles. The van der Waals surface area contributed by atoms with Crippen molar-refractivity contribution in [2.24, 2.45) is 0 Å². The van der Waals surface area contributed by atoms with Crippen molar-refractivity contribution in [3.63, 3.8) is 0 Å². The zero-order valence-corrected chi connectivity index (χ0v) is 19.8. The maximum absolute atomic E-state index is 3.99. The van der Waals surface area contributed by atoms with Crippen LogP contribution in [0.4, 0.5) is 11.4 Å². The average Bonchev–Trinajstić information content (AvgIpc) is 2.90. The van der Waals surface area contributed by atoms with Crippen molar-refractivity contribution in [2.75, 3.05) is 4.90 Å². The van der Waals surface area contributed by atoms with Crippen molar-refractivity contribution >= 4 is 34.3 Å². The summed E-state index contributed by atoms with van der Waals surface area (Å²) in [6.07, 6.45) is 13.2. The predicted molar refractivity (Wildman–Crippen MR) is 149 cm³/mol. The molecule has 0 fully saturated rings. The number of hydrogen-bond donors (Lipinski definition) is 0. The first-order valence-electron chi connectivity index (χ1n) is 12.2. The summed E-state index contributed by atoms with van der Waals surface area (Å²) in [5.41, 5.74) is 6.20. The van der Waals surface area contributed by atoms with Crippen molar-refractivity contribution in [1.29, 1.82) is 0 Å². The number of nitrogens with zero attached hydrogens (tertiary/aromatic N) is 1. The minimum atomic E-state index is 0.312. The smallest absolute Gasteiger partial charge is 0.0522 e. The molecule has 0 heterocycles. The van der Waals surface area contributed by atoms with E-state index in [4.69, 9.17) is 0 Å². The van der Waals surface area contributed by atoms with Gasteiger partial charge in [0, 0.05) is 17.3 Å². The van der Waals surface area contributed by atoms with Crippen LogP contribution in [0.15, 0.2) is 116 Å². The zero-order valence-electron chi connectivity index (χ0n) is 19.8. The molecular weight excluding hydrogens is 410 g/mol. The van der Waals surface area contributed by atoms with E-state index >= 15 is 0 Å². The molecule has 0 bridgehead atoms. The number of allylic oxidation sites excluding steroid dienone is 2. The van der Waals surface area contributed by atoms with Crippen LogP contribution in [0.2, 0.25) is 0 Å². The number of fused-ring (bicyclic) bond motifs is 1. The minimum absolute atomic E-state index is 0.312. The fourth-order valence-electron chi connectivity index (χ4n) is 5.08. The van der Waals surface area contributed by atoms with E-state index in [9.17, 15) is 0 Å². The Morgan fingerprint density at radius 3 is 2.26 bits per heavy atom. The van der Waals surface area contributed by atoms with Crippen LogP contribution in [0, 0.1) is 0 Å². The second-order valence-corrected chi connectivity index (χ2v) is 8.97. The normalized spacial score (nSPS) is 17.8. The molecule has 5 rings (SSSR count). The van der Waals surface area contributed by atoms with Crippen molar-refractivity contribution in [1.82, 2.24) is 0 Å². The summed E-state index contributed by atoms with van der Waals surface area (Å²) in [6, 6.07) is 33.3. The van der Waals surface area contributed by atoms with Gasteiger partial charge in [-0.05, 0) is 71.5 Å². The summed E-state index contributed by atoms with van der Waals surface area (Å²) >= 11 is 0. The van der Waals surface area contributed by atoms with Gasteiger partial charge in [-0.3, -0.25) is 0 Å². The Bertz CT molecular complexity index is 1350. The van der Waals surface area contributed by atoms with E-state index < -0.39 is 0 Å². The Morgan fingerprint density at radius 1 is 0.735 bits per heavy atom. The van der Waals surface area contributed by atoms with Crippen LogP contribution >= 0.6 is 0 Å². The lowest BCUT2D eigenvalue weighted by Crippen LogP contribution is -2.31. The van der Waals surface area contributed by atoms with E-state index in [-0.39, 0.29) is 0 Å². The molecular formula is C33H31N. The van der Waals surface area contributed by atoms with Gasteiger partial charge in [0.1, 0.15) is 0 Å². The van der Waals surface area contributed by atoms with Gasteiger partial charge in [0.2, 0.25) is 0 Å². The Labute approximate surface area is 203 Å². The lowest BCUT2D eigenvalue weighted by molar-refractivity contribution is 0.586. The average molecular weight is 442 g/mol. The Morgan fingerprint density at radius 2 is 1.53 bits per heavy atom. The molecule has 0 amide bonds. The Hall–Kier alpha value is -3.84. The highest BCUT2D eigenvalue weighted by atomic mass is 15.2. The first kappa shape index (κ1) is 22.0. The Kier molecular flexibility index (Phi) is 6.44. The van der Waals surface area contributed by atoms with Gasteiger partial charge in [0.05, 0.1) is 6.04 Å². The van der Waals surface area contributed by atoms with Crippen LogP contribution in [0.1, 0.15) is 42.4 Å².